The van der Waals surface area contributed by atoms with Crippen LogP contribution in [0.3, 0.4) is 0 Å². The molecule has 1 N–H and O–H groups in total. The van der Waals surface area contributed by atoms with Crippen LogP contribution in [0.25, 0.3) is 10.9 Å². The van der Waals surface area contributed by atoms with Crippen molar-refractivity contribution in [2.75, 3.05) is 21.1 Å². The van der Waals surface area contributed by atoms with Gasteiger partial charge in [-0.2, -0.15) is 0 Å². The third-order valence-corrected chi connectivity index (χ3v) is 2.62. The van der Waals surface area contributed by atoms with Gasteiger partial charge in [0.2, 0.25) is 0 Å². The molecule has 0 atom stereocenters. The topological polar surface area (TPSA) is 15.8 Å². The van der Waals surface area contributed by atoms with Crippen LogP contribution < -0.4 is 0 Å². The molecule has 1 heterocycles. The number of halogens is 4. The Labute approximate surface area is 129 Å². The molecule has 0 fully saturated rings. The van der Waals surface area contributed by atoms with Gasteiger partial charge in [0.15, 0.2) is 23.3 Å². The lowest BCUT2D eigenvalue weighted by molar-refractivity contribution is -0.883. The minimum Gasteiger partial charge on any atom is -0.358 e. The maximum Gasteiger partial charge on any atom is 0.199 e. The summed E-state index contributed by atoms with van der Waals surface area (Å²) in [4.78, 5) is 2.46. The van der Waals surface area contributed by atoms with Crippen molar-refractivity contribution in [2.24, 2.45) is 0 Å². The second kappa shape index (κ2) is 8.17. The van der Waals surface area contributed by atoms with Crippen LogP contribution in [0.2, 0.25) is 0 Å². The molecule has 0 spiro atoms. The van der Waals surface area contributed by atoms with Crippen molar-refractivity contribution < 1.29 is 22.0 Å². The highest BCUT2D eigenvalue weighted by atomic mass is 19.2. The highest BCUT2D eigenvalue weighted by Crippen LogP contribution is 2.29. The van der Waals surface area contributed by atoms with Crippen LogP contribution in [0.5, 0.6) is 0 Å². The van der Waals surface area contributed by atoms with Gasteiger partial charge < -0.3 is 9.47 Å². The van der Waals surface area contributed by atoms with Gasteiger partial charge >= 0.3 is 0 Å². The lowest BCUT2D eigenvalue weighted by atomic mass is 10.1. The molecule has 1 aromatic carbocycles. The van der Waals surface area contributed by atoms with Gasteiger partial charge in [0, 0.05) is 11.8 Å². The molecule has 126 valence electrons. The average Bonchev–Trinajstić information content (AvgIpc) is 2.89. The molecule has 22 heavy (non-hydrogen) atoms. The van der Waals surface area contributed by atoms with Gasteiger partial charge in [-0.05, 0) is 0 Å². The van der Waals surface area contributed by atoms with Crippen LogP contribution in [0.4, 0.5) is 17.6 Å². The molecule has 1 aromatic heterocycles. The Kier molecular flexibility index (Phi) is 7.59. The van der Waals surface area contributed by atoms with Crippen LogP contribution in [0.15, 0.2) is 6.20 Å². The summed E-state index contributed by atoms with van der Waals surface area (Å²) in [6, 6.07) is 0. The second-order valence-electron chi connectivity index (χ2n) is 5.27. The number of nitrogens with one attached hydrogen (secondary N) is 1. The van der Waals surface area contributed by atoms with Crippen LogP contribution in [0, 0.1) is 23.3 Å². The summed E-state index contributed by atoms with van der Waals surface area (Å²) in [6.45, 7) is 8.36. The number of quaternary nitrogens is 1. The van der Waals surface area contributed by atoms with E-state index in [1.807, 2.05) is 48.8 Å². The Morgan fingerprint density at radius 1 is 0.818 bits per heavy atom. The highest BCUT2D eigenvalue weighted by Gasteiger charge is 2.25. The fourth-order valence-corrected chi connectivity index (χ4v) is 1.94. The standard InChI is InChI=1S/C12H13F4N2.2C2H6/c1-18(2,3)5-6-4-17-12-7(6)8(13)9(14)10(15)11(12)16;2*1-2/h4,17H,5H2,1-3H3;2*1-2H3/q+1;;. The fourth-order valence-electron chi connectivity index (χ4n) is 1.94. The number of nitrogens with zero attached hydrogens (tertiary/aromatic N) is 1. The van der Waals surface area contributed by atoms with Crippen molar-refractivity contribution in [1.29, 1.82) is 0 Å². The third kappa shape index (κ3) is 4.22. The first-order valence-electron chi connectivity index (χ1n) is 7.34. The predicted molar refractivity (Wildman–Crippen MR) is 82.6 cm³/mol. The molecular formula is C16H25F4N2+. The monoisotopic (exact) mass is 321 g/mol. The highest BCUT2D eigenvalue weighted by molar-refractivity contribution is 5.84. The van der Waals surface area contributed by atoms with Gasteiger partial charge in [-0.3, -0.25) is 0 Å². The van der Waals surface area contributed by atoms with E-state index >= 15 is 0 Å². The number of aromatic nitrogens is 1. The number of rotatable bonds is 2. The number of fused-ring (bicyclic) bond motifs is 1. The zero-order valence-electron chi connectivity index (χ0n) is 14.2. The molecule has 0 amide bonds. The first-order chi connectivity index (χ1) is 10.2. The summed E-state index contributed by atoms with van der Waals surface area (Å²) < 4.78 is 53.9. The van der Waals surface area contributed by atoms with E-state index in [9.17, 15) is 17.6 Å². The largest absolute Gasteiger partial charge is 0.358 e. The smallest absolute Gasteiger partial charge is 0.199 e. The maximum absolute atomic E-state index is 13.7. The molecule has 0 aliphatic carbocycles. The van der Waals surface area contributed by atoms with Crippen LogP contribution >= 0.6 is 0 Å². The predicted octanol–water partition coefficient (Wildman–Crippen LogP) is 4.98. The van der Waals surface area contributed by atoms with Crippen molar-refractivity contribution in [3.63, 3.8) is 0 Å². The van der Waals surface area contributed by atoms with Crippen molar-refractivity contribution >= 4 is 10.9 Å². The van der Waals surface area contributed by atoms with Crippen molar-refractivity contribution in [2.45, 2.75) is 34.2 Å². The molecule has 6 heteroatoms. The summed E-state index contributed by atoms with van der Waals surface area (Å²) in [6.07, 6.45) is 1.37. The summed E-state index contributed by atoms with van der Waals surface area (Å²) in [5, 5.41) is -0.223. The fraction of sp³-hybridized carbons (Fsp3) is 0.500. The normalized spacial score (nSPS) is 10.7. The zero-order chi connectivity index (χ0) is 17.7. The molecule has 0 aliphatic rings. The van der Waals surface area contributed by atoms with Gasteiger partial charge in [-0.25, -0.2) is 17.6 Å². The quantitative estimate of drug-likeness (QED) is 0.347. The molecular weight excluding hydrogens is 296 g/mol. The summed E-state index contributed by atoms with van der Waals surface area (Å²) in [7, 11) is 5.56. The van der Waals surface area contributed by atoms with Gasteiger partial charge in [0.25, 0.3) is 0 Å². The van der Waals surface area contributed by atoms with Crippen molar-refractivity contribution in [3.8, 4) is 0 Å². The Hall–Kier alpha value is -1.56. The van der Waals surface area contributed by atoms with E-state index in [2.05, 4.69) is 4.98 Å². The average molecular weight is 321 g/mol. The number of aromatic amines is 1. The number of hydrogen-bond acceptors (Lipinski definition) is 0. The van der Waals surface area contributed by atoms with Gasteiger partial charge in [0.05, 0.1) is 32.0 Å². The Balaban J connectivity index is 0.00000102. The Morgan fingerprint density at radius 2 is 1.27 bits per heavy atom. The molecule has 2 aromatic rings. The van der Waals surface area contributed by atoms with E-state index in [1.165, 1.54) is 6.20 Å². The first kappa shape index (κ1) is 20.4. The van der Waals surface area contributed by atoms with Crippen molar-refractivity contribution in [1.82, 2.24) is 4.98 Å². The lowest BCUT2D eigenvalue weighted by Crippen LogP contribution is -2.33. The summed E-state index contributed by atoms with van der Waals surface area (Å²) in [5.41, 5.74) is 0.0719. The maximum atomic E-state index is 13.7. The van der Waals surface area contributed by atoms with Crippen LogP contribution in [-0.4, -0.2) is 30.6 Å². The first-order valence-corrected chi connectivity index (χ1v) is 7.34. The minimum atomic E-state index is -1.79. The Morgan fingerprint density at radius 3 is 1.73 bits per heavy atom. The minimum absolute atomic E-state index is 0.223. The summed E-state index contributed by atoms with van der Waals surface area (Å²) in [5.74, 6) is -6.31. The van der Waals surface area contributed by atoms with Gasteiger partial charge in [-0.15, -0.1) is 0 Å². The third-order valence-electron chi connectivity index (χ3n) is 2.62. The number of H-pyrrole nitrogens is 1. The molecule has 0 aliphatic heterocycles. The second-order valence-corrected chi connectivity index (χ2v) is 5.27. The van der Waals surface area contributed by atoms with Crippen molar-refractivity contribution in [3.05, 3.63) is 35.0 Å². The molecule has 0 saturated heterocycles. The molecule has 0 radical (unpaired) electrons. The van der Waals surface area contributed by atoms with E-state index in [0.29, 0.717) is 16.6 Å². The number of benzene rings is 1. The Bertz CT molecular complexity index is 613. The van der Waals surface area contributed by atoms with E-state index in [1.54, 1.807) is 0 Å². The van der Waals surface area contributed by atoms with Gasteiger partial charge in [0.1, 0.15) is 6.54 Å². The van der Waals surface area contributed by atoms with Crippen LogP contribution in [-0.2, 0) is 6.54 Å². The van der Waals surface area contributed by atoms with Gasteiger partial charge in [-0.1, -0.05) is 27.7 Å². The number of hydrogen-bond donors (Lipinski definition) is 1. The lowest BCUT2D eigenvalue weighted by Gasteiger charge is -2.23. The molecule has 2 rings (SSSR count). The summed E-state index contributed by atoms with van der Waals surface area (Å²) >= 11 is 0. The molecule has 0 bridgehead atoms. The molecule has 0 saturated carbocycles. The SMILES string of the molecule is CC.CC.C[N+](C)(C)Cc1c[nH]c2c(F)c(F)c(F)c(F)c12. The van der Waals surface area contributed by atoms with E-state index in [0.717, 1.165) is 0 Å². The zero-order valence-corrected chi connectivity index (χ0v) is 14.2. The van der Waals surface area contributed by atoms with E-state index < -0.39 is 23.3 Å². The van der Waals surface area contributed by atoms with Crippen LogP contribution in [0.1, 0.15) is 33.3 Å². The van der Waals surface area contributed by atoms with E-state index in [-0.39, 0.29) is 10.9 Å². The van der Waals surface area contributed by atoms with E-state index in [4.69, 9.17) is 0 Å². The molecule has 2 nitrogen and oxygen atoms in total. The molecule has 0 unspecified atom stereocenters.